The van der Waals surface area contributed by atoms with E-state index in [1.54, 1.807) is 0 Å². The number of carbonyl (C=O) groups is 3. The minimum Gasteiger partial charge on any atom is -0.330 e. The summed E-state index contributed by atoms with van der Waals surface area (Å²) in [5, 5.41) is 5.19. The molecule has 1 aliphatic rings. The van der Waals surface area contributed by atoms with Gasteiger partial charge in [-0.25, -0.2) is 0 Å². The zero-order chi connectivity index (χ0) is 17.4. The van der Waals surface area contributed by atoms with Crippen LogP contribution in [0.3, 0.4) is 0 Å². The fourth-order valence-corrected chi connectivity index (χ4v) is 2.79. The van der Waals surface area contributed by atoms with E-state index in [9.17, 15) is 14.4 Å². The van der Waals surface area contributed by atoms with E-state index < -0.39 is 0 Å². The molecule has 0 aliphatic carbocycles. The molecule has 0 saturated carbocycles. The largest absolute Gasteiger partial charge is 0.330 e. The van der Waals surface area contributed by atoms with E-state index in [-0.39, 0.29) is 30.1 Å². The number of hydrogen-bond donors (Lipinski definition) is 3. The van der Waals surface area contributed by atoms with Gasteiger partial charge in [-0.1, -0.05) is 25.0 Å². The Bertz CT molecular complexity index is 584. The molecule has 3 amide bonds. The van der Waals surface area contributed by atoms with Crippen LogP contribution in [-0.4, -0.2) is 24.3 Å². The Labute approximate surface area is 142 Å². The zero-order valence-corrected chi connectivity index (χ0v) is 13.8. The Kier molecular flexibility index (Phi) is 6.93. The van der Waals surface area contributed by atoms with Crippen molar-refractivity contribution in [3.63, 3.8) is 0 Å². The van der Waals surface area contributed by atoms with Crippen LogP contribution >= 0.6 is 0 Å². The van der Waals surface area contributed by atoms with Crippen molar-refractivity contribution in [2.45, 2.75) is 44.9 Å². The fraction of sp³-hybridized carbons (Fsp3) is 0.500. The molecule has 0 spiro atoms. The second kappa shape index (κ2) is 9.17. The van der Waals surface area contributed by atoms with Crippen LogP contribution in [0.2, 0.25) is 0 Å². The first-order valence-corrected chi connectivity index (χ1v) is 8.51. The van der Waals surface area contributed by atoms with E-state index in [0.29, 0.717) is 19.4 Å². The van der Waals surface area contributed by atoms with Gasteiger partial charge in [-0.3, -0.25) is 19.7 Å². The van der Waals surface area contributed by atoms with Gasteiger partial charge < -0.3 is 11.1 Å². The van der Waals surface area contributed by atoms with Crippen molar-refractivity contribution in [1.82, 2.24) is 5.32 Å². The molecule has 0 aromatic heterocycles. The summed E-state index contributed by atoms with van der Waals surface area (Å²) in [6, 6.07) is 7.42. The minimum atomic E-state index is -0.286. The quantitative estimate of drug-likeness (QED) is 0.474. The van der Waals surface area contributed by atoms with Gasteiger partial charge >= 0.3 is 0 Å². The van der Waals surface area contributed by atoms with Gasteiger partial charge in [-0.05, 0) is 43.5 Å². The van der Waals surface area contributed by atoms with E-state index in [1.807, 2.05) is 24.3 Å². The molecule has 0 radical (unpaired) electrons. The fourth-order valence-electron chi connectivity index (χ4n) is 2.79. The lowest BCUT2D eigenvalue weighted by molar-refractivity contribution is -0.125. The molecule has 1 fully saturated rings. The van der Waals surface area contributed by atoms with Crippen molar-refractivity contribution in [2.75, 3.05) is 11.9 Å². The first kappa shape index (κ1) is 18.1. The van der Waals surface area contributed by atoms with E-state index in [4.69, 9.17) is 5.73 Å². The first-order valence-electron chi connectivity index (χ1n) is 8.51. The third kappa shape index (κ3) is 5.77. The van der Waals surface area contributed by atoms with E-state index in [2.05, 4.69) is 10.6 Å². The van der Waals surface area contributed by atoms with Crippen LogP contribution < -0.4 is 16.4 Å². The number of carbonyl (C=O) groups excluding carboxylic acids is 3. The second-order valence-corrected chi connectivity index (χ2v) is 6.22. The highest BCUT2D eigenvalue weighted by molar-refractivity contribution is 6.03. The summed E-state index contributed by atoms with van der Waals surface area (Å²) in [5.74, 6) is -0.685. The van der Waals surface area contributed by atoms with Gasteiger partial charge in [0, 0.05) is 18.5 Å². The first-order chi connectivity index (χ1) is 11.6. The van der Waals surface area contributed by atoms with Crippen LogP contribution in [0.15, 0.2) is 24.3 Å². The van der Waals surface area contributed by atoms with Crippen molar-refractivity contribution in [1.29, 1.82) is 0 Å². The second-order valence-electron chi connectivity index (χ2n) is 6.22. The monoisotopic (exact) mass is 331 g/mol. The number of imide groups is 1. The lowest BCUT2D eigenvalue weighted by atomic mass is 9.98. The molecule has 24 heavy (non-hydrogen) atoms. The maximum atomic E-state index is 11.9. The predicted octanol–water partition coefficient (Wildman–Crippen LogP) is 1.74. The van der Waals surface area contributed by atoms with Crippen molar-refractivity contribution in [3.05, 3.63) is 29.8 Å². The van der Waals surface area contributed by atoms with Crippen molar-refractivity contribution in [2.24, 2.45) is 11.7 Å². The molecule has 0 bridgehead atoms. The Morgan fingerprint density at radius 1 is 1.12 bits per heavy atom. The highest BCUT2D eigenvalue weighted by atomic mass is 16.2. The molecule has 6 heteroatoms. The number of hydrogen-bond acceptors (Lipinski definition) is 4. The number of nitrogens with one attached hydrogen (secondary N) is 2. The van der Waals surface area contributed by atoms with Gasteiger partial charge in [0.2, 0.25) is 17.7 Å². The molecule has 4 N–H and O–H groups in total. The van der Waals surface area contributed by atoms with Crippen LogP contribution in [0.5, 0.6) is 0 Å². The standard InChI is InChI=1S/C18H25N3O3/c19-10-4-2-1-3-5-16(22)20-15-8-6-13(7-9-15)11-14-12-17(23)21-18(14)24/h6-9,14H,1-5,10-12,19H2,(H,20,22)(H,21,23,24). The summed E-state index contributed by atoms with van der Waals surface area (Å²) < 4.78 is 0. The lowest BCUT2D eigenvalue weighted by Gasteiger charge is -2.08. The van der Waals surface area contributed by atoms with Crippen molar-refractivity contribution < 1.29 is 14.4 Å². The Balaban J connectivity index is 1.74. The van der Waals surface area contributed by atoms with Crippen LogP contribution in [0, 0.1) is 5.92 Å². The van der Waals surface area contributed by atoms with Gasteiger partial charge in [-0.2, -0.15) is 0 Å². The average Bonchev–Trinajstić information content (AvgIpc) is 2.86. The predicted molar refractivity (Wildman–Crippen MR) is 92.2 cm³/mol. The molecule has 1 aromatic rings. The highest BCUT2D eigenvalue weighted by Gasteiger charge is 2.30. The van der Waals surface area contributed by atoms with Crippen molar-refractivity contribution >= 4 is 23.4 Å². The van der Waals surface area contributed by atoms with Gasteiger partial charge in [0.05, 0.1) is 5.92 Å². The number of unbranched alkanes of at least 4 members (excludes halogenated alkanes) is 3. The molecular weight excluding hydrogens is 306 g/mol. The molecule has 1 atom stereocenters. The van der Waals surface area contributed by atoms with E-state index in [0.717, 1.165) is 36.9 Å². The maximum Gasteiger partial charge on any atom is 0.230 e. The van der Waals surface area contributed by atoms with Gasteiger partial charge in [0.25, 0.3) is 0 Å². The van der Waals surface area contributed by atoms with Crippen LogP contribution in [-0.2, 0) is 20.8 Å². The molecule has 1 aliphatic heterocycles. The number of rotatable bonds is 9. The van der Waals surface area contributed by atoms with Gasteiger partial charge in [0.1, 0.15) is 0 Å². The summed E-state index contributed by atoms with van der Waals surface area (Å²) in [6.07, 6.45) is 5.26. The zero-order valence-electron chi connectivity index (χ0n) is 13.8. The number of benzene rings is 1. The molecule has 1 unspecified atom stereocenters. The molecular formula is C18H25N3O3. The SMILES string of the molecule is NCCCCCCC(=O)Nc1ccc(CC2CC(=O)NC2=O)cc1. The average molecular weight is 331 g/mol. The third-order valence-electron chi connectivity index (χ3n) is 4.14. The molecule has 1 heterocycles. The Hall–Kier alpha value is -2.21. The maximum absolute atomic E-state index is 11.9. The van der Waals surface area contributed by atoms with Gasteiger partial charge in [-0.15, -0.1) is 0 Å². The topological polar surface area (TPSA) is 101 Å². The van der Waals surface area contributed by atoms with E-state index >= 15 is 0 Å². The number of amides is 3. The highest BCUT2D eigenvalue weighted by Crippen LogP contribution is 2.19. The van der Waals surface area contributed by atoms with Gasteiger partial charge in [0.15, 0.2) is 0 Å². The molecule has 2 rings (SSSR count). The normalized spacial score (nSPS) is 17.0. The summed E-state index contributed by atoms with van der Waals surface area (Å²) >= 11 is 0. The number of nitrogens with two attached hydrogens (primary N) is 1. The third-order valence-corrected chi connectivity index (χ3v) is 4.14. The van der Waals surface area contributed by atoms with Crippen LogP contribution in [0.25, 0.3) is 0 Å². The van der Waals surface area contributed by atoms with E-state index in [1.165, 1.54) is 0 Å². The Morgan fingerprint density at radius 2 is 1.83 bits per heavy atom. The summed E-state index contributed by atoms with van der Waals surface area (Å²) in [4.78, 5) is 34.6. The lowest BCUT2D eigenvalue weighted by Crippen LogP contribution is -2.22. The molecule has 130 valence electrons. The summed E-state index contributed by atoms with van der Waals surface area (Å²) in [7, 11) is 0. The molecule has 6 nitrogen and oxygen atoms in total. The molecule has 1 saturated heterocycles. The molecule has 1 aromatic carbocycles. The summed E-state index contributed by atoms with van der Waals surface area (Å²) in [5.41, 5.74) is 7.16. The Morgan fingerprint density at radius 3 is 2.46 bits per heavy atom. The minimum absolute atomic E-state index is 0.0104. The van der Waals surface area contributed by atoms with Crippen LogP contribution in [0.4, 0.5) is 5.69 Å². The number of anilines is 1. The summed E-state index contributed by atoms with van der Waals surface area (Å²) in [6.45, 7) is 0.704. The van der Waals surface area contributed by atoms with Crippen LogP contribution in [0.1, 0.15) is 44.1 Å². The van der Waals surface area contributed by atoms with Crippen molar-refractivity contribution in [3.8, 4) is 0 Å². The smallest absolute Gasteiger partial charge is 0.230 e.